The number of nitrogens with one attached hydrogen (secondary N) is 2. The van der Waals surface area contributed by atoms with Gasteiger partial charge in [0.15, 0.2) is 0 Å². The first kappa shape index (κ1) is 13.9. The third-order valence-corrected chi connectivity index (χ3v) is 3.12. The molecule has 1 aliphatic carbocycles. The minimum Gasteiger partial charge on any atom is -0.480 e. The number of rotatable bonds is 8. The number of hydrogen-bond donors (Lipinski definition) is 4. The van der Waals surface area contributed by atoms with Crippen LogP contribution in [0.5, 0.6) is 0 Å². The van der Waals surface area contributed by atoms with E-state index in [1.54, 1.807) is 0 Å². The topological polar surface area (TPSA) is 98.7 Å². The van der Waals surface area contributed by atoms with Crippen molar-refractivity contribution >= 4 is 11.9 Å². The highest BCUT2D eigenvalue weighted by Gasteiger charge is 2.41. The highest BCUT2D eigenvalue weighted by atomic mass is 16.4. The van der Waals surface area contributed by atoms with Gasteiger partial charge in [0.1, 0.15) is 6.04 Å². The minimum absolute atomic E-state index is 0.147. The fraction of sp³-hybridized carbons (Fsp3) is 0.818. The Kier molecular flexibility index (Phi) is 4.89. The molecule has 0 heterocycles. The molecule has 0 aromatic carbocycles. The molecule has 98 valence electrons. The maximum atomic E-state index is 10.8. The Bertz CT molecular complexity index is 289. The lowest BCUT2D eigenvalue weighted by atomic mass is 10.0. The smallest absolute Gasteiger partial charge is 0.327 e. The van der Waals surface area contributed by atoms with Gasteiger partial charge in [0.25, 0.3) is 0 Å². The second-order valence-electron chi connectivity index (χ2n) is 4.70. The molecule has 6 heteroatoms. The van der Waals surface area contributed by atoms with Crippen molar-refractivity contribution < 1.29 is 19.8 Å². The normalized spacial score (nSPS) is 18.5. The summed E-state index contributed by atoms with van der Waals surface area (Å²) >= 11 is 0. The molecule has 4 N–H and O–H groups in total. The molecule has 0 bridgehead atoms. The van der Waals surface area contributed by atoms with Gasteiger partial charge >= 0.3 is 5.97 Å². The molecule has 1 amide bonds. The van der Waals surface area contributed by atoms with E-state index in [0.717, 1.165) is 19.3 Å². The van der Waals surface area contributed by atoms with Gasteiger partial charge in [-0.1, -0.05) is 0 Å². The maximum Gasteiger partial charge on any atom is 0.327 e. The third-order valence-electron chi connectivity index (χ3n) is 3.12. The first-order valence-electron chi connectivity index (χ1n) is 5.81. The summed E-state index contributed by atoms with van der Waals surface area (Å²) in [5.41, 5.74) is 0.147. The summed E-state index contributed by atoms with van der Waals surface area (Å²) in [7, 11) is 0. The second kappa shape index (κ2) is 5.97. The van der Waals surface area contributed by atoms with Crippen LogP contribution in [0.15, 0.2) is 0 Å². The number of carboxylic acid groups (broad SMARTS) is 1. The fourth-order valence-corrected chi connectivity index (χ4v) is 1.86. The zero-order valence-electron chi connectivity index (χ0n) is 10.0. The number of aliphatic hydroxyl groups excluding tert-OH is 1. The first-order valence-corrected chi connectivity index (χ1v) is 5.81. The molecule has 0 aromatic rings. The van der Waals surface area contributed by atoms with E-state index >= 15 is 0 Å². The molecule has 17 heavy (non-hydrogen) atoms. The second-order valence-corrected chi connectivity index (χ2v) is 4.70. The van der Waals surface area contributed by atoms with Crippen molar-refractivity contribution in [2.75, 3.05) is 19.7 Å². The van der Waals surface area contributed by atoms with E-state index in [0.29, 0.717) is 6.54 Å². The van der Waals surface area contributed by atoms with Crippen LogP contribution in [0.3, 0.4) is 0 Å². The lowest BCUT2D eigenvalue weighted by Gasteiger charge is -2.18. The Labute approximate surface area is 100 Å². The first-order chi connectivity index (χ1) is 7.99. The van der Waals surface area contributed by atoms with Crippen molar-refractivity contribution in [3.8, 4) is 0 Å². The Morgan fingerprint density at radius 2 is 2.06 bits per heavy atom. The summed E-state index contributed by atoms with van der Waals surface area (Å²) in [6, 6.07) is -0.891. The van der Waals surface area contributed by atoms with Crippen LogP contribution in [0, 0.1) is 5.41 Å². The van der Waals surface area contributed by atoms with Crippen LogP contribution in [0.1, 0.15) is 26.2 Å². The van der Waals surface area contributed by atoms with Gasteiger partial charge in [0, 0.05) is 26.6 Å². The largest absolute Gasteiger partial charge is 0.480 e. The van der Waals surface area contributed by atoms with Crippen LogP contribution in [0.25, 0.3) is 0 Å². The van der Waals surface area contributed by atoms with Crippen molar-refractivity contribution in [1.29, 1.82) is 0 Å². The predicted molar refractivity (Wildman–Crippen MR) is 61.5 cm³/mol. The molecule has 1 fully saturated rings. The molecule has 1 rings (SSSR count). The van der Waals surface area contributed by atoms with Crippen LogP contribution in [-0.2, 0) is 9.59 Å². The number of aliphatic carboxylic acids is 1. The van der Waals surface area contributed by atoms with E-state index in [-0.39, 0.29) is 24.5 Å². The minimum atomic E-state index is -1.04. The summed E-state index contributed by atoms with van der Waals surface area (Å²) in [6.07, 6.45) is 2.88. The molecule has 1 aliphatic rings. The zero-order valence-corrected chi connectivity index (χ0v) is 10.0. The van der Waals surface area contributed by atoms with Crippen LogP contribution >= 0.6 is 0 Å². The van der Waals surface area contributed by atoms with Crippen LogP contribution < -0.4 is 10.6 Å². The van der Waals surface area contributed by atoms with E-state index in [9.17, 15) is 9.59 Å². The van der Waals surface area contributed by atoms with E-state index in [1.807, 2.05) is 0 Å². The standard InChI is InChI=1S/C11H20N2O4/c1-8(15)13-9(10(16)17)6-12-7-11(2-3-11)4-5-14/h9,12,14H,2-7H2,1H3,(H,13,15)(H,16,17). The zero-order chi connectivity index (χ0) is 12.9. The van der Waals surface area contributed by atoms with E-state index in [4.69, 9.17) is 10.2 Å². The molecular formula is C11H20N2O4. The summed E-state index contributed by atoms with van der Waals surface area (Å²) in [5, 5.41) is 23.2. The van der Waals surface area contributed by atoms with E-state index in [2.05, 4.69) is 10.6 Å². The molecule has 6 nitrogen and oxygen atoms in total. The molecule has 0 saturated heterocycles. The highest BCUT2D eigenvalue weighted by Crippen LogP contribution is 2.47. The molecule has 0 aliphatic heterocycles. The number of carbonyl (C=O) groups is 2. The number of aliphatic hydroxyl groups is 1. The van der Waals surface area contributed by atoms with Gasteiger partial charge in [0.05, 0.1) is 0 Å². The molecule has 1 unspecified atom stereocenters. The predicted octanol–water partition coefficient (Wildman–Crippen LogP) is -0.672. The average molecular weight is 244 g/mol. The Morgan fingerprint density at radius 3 is 2.47 bits per heavy atom. The van der Waals surface area contributed by atoms with Crippen molar-refractivity contribution in [2.24, 2.45) is 5.41 Å². The lowest BCUT2D eigenvalue weighted by Crippen LogP contribution is -2.47. The Balaban J connectivity index is 2.27. The number of amides is 1. The van der Waals surface area contributed by atoms with Crippen molar-refractivity contribution in [3.63, 3.8) is 0 Å². The van der Waals surface area contributed by atoms with Crippen molar-refractivity contribution in [2.45, 2.75) is 32.2 Å². The molecule has 0 spiro atoms. The van der Waals surface area contributed by atoms with E-state index in [1.165, 1.54) is 6.92 Å². The average Bonchev–Trinajstić information content (AvgIpc) is 2.96. The highest BCUT2D eigenvalue weighted by molar-refractivity contribution is 5.82. The van der Waals surface area contributed by atoms with Gasteiger partial charge in [-0.3, -0.25) is 4.79 Å². The quantitative estimate of drug-likeness (QED) is 0.454. The van der Waals surface area contributed by atoms with Gasteiger partial charge in [-0.25, -0.2) is 4.79 Å². The van der Waals surface area contributed by atoms with Crippen LogP contribution in [-0.4, -0.2) is 47.8 Å². The maximum absolute atomic E-state index is 10.8. The van der Waals surface area contributed by atoms with Crippen molar-refractivity contribution in [3.05, 3.63) is 0 Å². The Hall–Kier alpha value is -1.14. The summed E-state index contributed by atoms with van der Waals surface area (Å²) < 4.78 is 0. The molecule has 0 aromatic heterocycles. The summed E-state index contributed by atoms with van der Waals surface area (Å²) in [4.78, 5) is 21.6. The molecule has 1 atom stereocenters. The van der Waals surface area contributed by atoms with Gasteiger partial charge < -0.3 is 20.8 Å². The lowest BCUT2D eigenvalue weighted by molar-refractivity contribution is -0.141. The SMILES string of the molecule is CC(=O)NC(CNCC1(CCO)CC1)C(=O)O. The van der Waals surface area contributed by atoms with Gasteiger partial charge in [-0.2, -0.15) is 0 Å². The third kappa shape index (κ3) is 4.70. The monoisotopic (exact) mass is 244 g/mol. The van der Waals surface area contributed by atoms with Gasteiger partial charge in [-0.15, -0.1) is 0 Å². The fourth-order valence-electron chi connectivity index (χ4n) is 1.86. The Morgan fingerprint density at radius 1 is 1.41 bits per heavy atom. The van der Waals surface area contributed by atoms with Gasteiger partial charge in [-0.05, 0) is 24.7 Å². The summed E-state index contributed by atoms with van der Waals surface area (Å²) in [6.45, 7) is 2.36. The number of carbonyl (C=O) groups excluding carboxylic acids is 1. The summed E-state index contributed by atoms with van der Waals surface area (Å²) in [5.74, 6) is -1.39. The number of hydrogen-bond acceptors (Lipinski definition) is 4. The molecule has 0 radical (unpaired) electrons. The molecular weight excluding hydrogens is 224 g/mol. The van der Waals surface area contributed by atoms with Crippen molar-refractivity contribution in [1.82, 2.24) is 10.6 Å². The molecule has 1 saturated carbocycles. The van der Waals surface area contributed by atoms with Crippen LogP contribution in [0.2, 0.25) is 0 Å². The van der Waals surface area contributed by atoms with E-state index < -0.39 is 12.0 Å². The van der Waals surface area contributed by atoms with Crippen LogP contribution in [0.4, 0.5) is 0 Å². The number of carboxylic acids is 1. The van der Waals surface area contributed by atoms with Gasteiger partial charge in [0.2, 0.25) is 5.91 Å².